The van der Waals surface area contributed by atoms with E-state index < -0.39 is 10.0 Å². The number of methoxy groups -OCH3 is 3. The van der Waals surface area contributed by atoms with Crippen molar-refractivity contribution in [2.45, 2.75) is 23.7 Å². The second kappa shape index (κ2) is 9.17. The maximum absolute atomic E-state index is 12.8. The van der Waals surface area contributed by atoms with E-state index in [1.54, 1.807) is 56.7 Å². The van der Waals surface area contributed by atoms with Crippen LogP contribution < -0.4 is 14.2 Å². The van der Waals surface area contributed by atoms with Crippen LogP contribution in [-0.4, -0.2) is 57.3 Å². The van der Waals surface area contributed by atoms with E-state index in [1.165, 1.54) is 11.4 Å². The first-order valence-corrected chi connectivity index (χ1v) is 11.6. The highest BCUT2D eigenvalue weighted by Gasteiger charge is 2.32. The summed E-state index contributed by atoms with van der Waals surface area (Å²) in [5.41, 5.74) is 0.665. The van der Waals surface area contributed by atoms with Gasteiger partial charge in [-0.25, -0.2) is 8.42 Å². The van der Waals surface area contributed by atoms with Gasteiger partial charge >= 0.3 is 0 Å². The van der Waals surface area contributed by atoms with Gasteiger partial charge in [0.1, 0.15) is 0 Å². The summed E-state index contributed by atoms with van der Waals surface area (Å²) in [6.07, 6.45) is 1.20. The van der Waals surface area contributed by atoms with E-state index in [0.717, 1.165) is 0 Å². The van der Waals surface area contributed by atoms with E-state index >= 15 is 0 Å². The van der Waals surface area contributed by atoms with Crippen LogP contribution in [-0.2, 0) is 10.0 Å². The van der Waals surface area contributed by atoms with Gasteiger partial charge in [-0.15, -0.1) is 0 Å². The Hall–Kier alpha value is -3.11. The first-order chi connectivity index (χ1) is 15.5. The Kier molecular flexibility index (Phi) is 6.33. The number of hydrogen-bond acceptors (Lipinski definition) is 8. The molecule has 0 unspecified atom stereocenters. The average Bonchev–Trinajstić information content (AvgIpc) is 3.34. The quantitative estimate of drug-likeness (QED) is 0.530. The van der Waals surface area contributed by atoms with Crippen LogP contribution in [0.25, 0.3) is 11.4 Å². The Morgan fingerprint density at radius 2 is 1.59 bits per heavy atom. The van der Waals surface area contributed by atoms with Gasteiger partial charge in [0.25, 0.3) is 0 Å². The molecule has 2 aromatic carbocycles. The first-order valence-electron chi connectivity index (χ1n) is 10.2. The smallest absolute Gasteiger partial charge is 0.243 e. The molecule has 0 saturated carbocycles. The zero-order valence-electron chi connectivity index (χ0n) is 18.1. The summed E-state index contributed by atoms with van der Waals surface area (Å²) >= 11 is 0. The van der Waals surface area contributed by atoms with Crippen molar-refractivity contribution in [2.75, 3.05) is 34.4 Å². The molecule has 1 aliphatic rings. The Labute approximate surface area is 187 Å². The van der Waals surface area contributed by atoms with Crippen molar-refractivity contribution in [2.24, 2.45) is 0 Å². The molecule has 0 amide bonds. The normalized spacial score (nSPS) is 15.5. The monoisotopic (exact) mass is 459 g/mol. The highest BCUT2D eigenvalue weighted by molar-refractivity contribution is 7.89. The topological polar surface area (TPSA) is 104 Å². The third-order valence-corrected chi connectivity index (χ3v) is 7.46. The van der Waals surface area contributed by atoms with E-state index in [0.29, 0.717) is 65.4 Å². The van der Waals surface area contributed by atoms with Crippen LogP contribution in [0.15, 0.2) is 51.9 Å². The molecule has 4 rings (SSSR count). The molecule has 1 saturated heterocycles. The minimum absolute atomic E-state index is 0.0134. The van der Waals surface area contributed by atoms with Crippen molar-refractivity contribution in [3.05, 3.63) is 48.4 Å². The van der Waals surface area contributed by atoms with Gasteiger partial charge in [-0.2, -0.15) is 9.29 Å². The summed E-state index contributed by atoms with van der Waals surface area (Å²) in [5, 5.41) is 4.11. The Morgan fingerprint density at radius 1 is 0.969 bits per heavy atom. The van der Waals surface area contributed by atoms with Crippen molar-refractivity contribution in [3.63, 3.8) is 0 Å². The number of nitrogens with zero attached hydrogens (tertiary/aromatic N) is 3. The molecule has 3 aromatic rings. The van der Waals surface area contributed by atoms with Crippen molar-refractivity contribution < 1.29 is 27.2 Å². The number of ether oxygens (including phenoxy) is 3. The average molecular weight is 460 g/mol. The zero-order chi connectivity index (χ0) is 22.7. The Morgan fingerprint density at radius 3 is 2.16 bits per heavy atom. The van der Waals surface area contributed by atoms with E-state index in [1.807, 2.05) is 0 Å². The summed E-state index contributed by atoms with van der Waals surface area (Å²) < 4.78 is 48.8. The molecular formula is C22H25N3O6S. The van der Waals surface area contributed by atoms with Gasteiger partial charge in [0, 0.05) is 24.6 Å². The minimum Gasteiger partial charge on any atom is -0.493 e. The largest absolute Gasteiger partial charge is 0.493 e. The third-order valence-electron chi connectivity index (χ3n) is 5.55. The molecule has 1 aliphatic heterocycles. The van der Waals surface area contributed by atoms with Crippen LogP contribution in [0, 0.1) is 0 Å². The van der Waals surface area contributed by atoms with E-state index in [-0.39, 0.29) is 5.92 Å². The third kappa shape index (κ3) is 4.15. The molecule has 9 nitrogen and oxygen atoms in total. The van der Waals surface area contributed by atoms with E-state index in [9.17, 15) is 8.42 Å². The number of benzene rings is 2. The van der Waals surface area contributed by atoms with Crippen LogP contribution in [0.3, 0.4) is 0 Å². The molecule has 0 atom stereocenters. The van der Waals surface area contributed by atoms with Crippen LogP contribution in [0.4, 0.5) is 0 Å². The van der Waals surface area contributed by atoms with Gasteiger partial charge < -0.3 is 18.7 Å². The lowest BCUT2D eigenvalue weighted by molar-refractivity contribution is 0.271. The maximum atomic E-state index is 12.8. The van der Waals surface area contributed by atoms with Crippen molar-refractivity contribution in [1.82, 2.24) is 14.4 Å². The van der Waals surface area contributed by atoms with E-state index in [2.05, 4.69) is 10.1 Å². The van der Waals surface area contributed by atoms with Gasteiger partial charge in [-0.05, 0) is 37.1 Å². The van der Waals surface area contributed by atoms with Crippen LogP contribution >= 0.6 is 0 Å². The second-order valence-corrected chi connectivity index (χ2v) is 9.30. The number of hydrogen-bond donors (Lipinski definition) is 0. The van der Waals surface area contributed by atoms with Crippen molar-refractivity contribution in [3.8, 4) is 28.6 Å². The molecule has 32 heavy (non-hydrogen) atoms. The predicted molar refractivity (Wildman–Crippen MR) is 117 cm³/mol. The van der Waals surface area contributed by atoms with Gasteiger partial charge in [0.05, 0.1) is 26.2 Å². The lowest BCUT2D eigenvalue weighted by Crippen LogP contribution is -2.37. The molecule has 0 aliphatic carbocycles. The van der Waals surface area contributed by atoms with Crippen molar-refractivity contribution >= 4 is 10.0 Å². The van der Waals surface area contributed by atoms with Crippen LogP contribution in [0.2, 0.25) is 0 Å². The number of piperidine rings is 1. The molecule has 0 bridgehead atoms. The lowest BCUT2D eigenvalue weighted by atomic mass is 9.98. The second-order valence-electron chi connectivity index (χ2n) is 7.36. The van der Waals surface area contributed by atoms with Crippen LogP contribution in [0.5, 0.6) is 17.2 Å². The summed E-state index contributed by atoms with van der Waals surface area (Å²) in [6.45, 7) is 0.785. The molecule has 1 fully saturated rings. The molecule has 170 valence electrons. The maximum Gasteiger partial charge on any atom is 0.243 e. The van der Waals surface area contributed by atoms with Crippen LogP contribution in [0.1, 0.15) is 24.7 Å². The highest BCUT2D eigenvalue weighted by Crippen LogP contribution is 2.41. The lowest BCUT2D eigenvalue weighted by Gasteiger charge is -2.29. The fourth-order valence-corrected chi connectivity index (χ4v) is 5.30. The molecule has 1 aromatic heterocycles. The summed E-state index contributed by atoms with van der Waals surface area (Å²) in [5.74, 6) is 2.35. The molecule has 0 spiro atoms. The number of rotatable bonds is 7. The molecule has 0 N–H and O–H groups in total. The molecule has 2 heterocycles. The number of aromatic nitrogens is 2. The number of sulfonamides is 1. The highest BCUT2D eigenvalue weighted by atomic mass is 32.2. The predicted octanol–water partition coefficient (Wildman–Crippen LogP) is 3.33. The summed E-state index contributed by atoms with van der Waals surface area (Å²) in [7, 11) is 1.12. The standard InChI is InChI=1S/C22H25N3O6S/c1-28-18-13-16(14-19(29-2)20(18)30-3)21-23-22(31-24-21)15-9-11-25(12-10-15)32(26,27)17-7-5-4-6-8-17/h4-8,13-15H,9-12H2,1-3H3. The minimum atomic E-state index is -3.50. The molecular weight excluding hydrogens is 434 g/mol. The summed E-state index contributed by atoms with van der Waals surface area (Å²) in [4.78, 5) is 4.86. The fraction of sp³-hybridized carbons (Fsp3) is 0.364. The van der Waals surface area contributed by atoms with Crippen molar-refractivity contribution in [1.29, 1.82) is 0 Å². The van der Waals surface area contributed by atoms with Gasteiger partial charge in [-0.3, -0.25) is 0 Å². The van der Waals surface area contributed by atoms with Gasteiger partial charge in [0.15, 0.2) is 11.5 Å². The Bertz CT molecular complexity index is 1150. The van der Waals surface area contributed by atoms with E-state index in [4.69, 9.17) is 18.7 Å². The SMILES string of the molecule is COc1cc(-c2noc(C3CCN(S(=O)(=O)c4ccccc4)CC3)n2)cc(OC)c1OC. The zero-order valence-corrected chi connectivity index (χ0v) is 19.0. The summed E-state index contributed by atoms with van der Waals surface area (Å²) in [6, 6.07) is 12.0. The molecule has 10 heteroatoms. The Balaban J connectivity index is 1.50. The molecule has 0 radical (unpaired) electrons. The van der Waals surface area contributed by atoms with Gasteiger partial charge in [-0.1, -0.05) is 23.4 Å². The first kappa shape index (κ1) is 22.1. The van der Waals surface area contributed by atoms with Gasteiger partial charge in [0.2, 0.25) is 27.5 Å². The fourth-order valence-electron chi connectivity index (χ4n) is 3.81.